The van der Waals surface area contributed by atoms with E-state index in [1.54, 1.807) is 0 Å². The van der Waals surface area contributed by atoms with Crippen LogP contribution in [0.3, 0.4) is 0 Å². The maximum atomic E-state index is 11.6. The topological polar surface area (TPSA) is 46.2 Å². The second-order valence-corrected chi connectivity index (χ2v) is 7.46. The van der Waals surface area contributed by atoms with Gasteiger partial charge in [0.15, 0.2) is 0 Å². The summed E-state index contributed by atoms with van der Waals surface area (Å²) in [5, 5.41) is 0. The third-order valence-corrected chi connectivity index (χ3v) is 4.58. The molecular formula is C15H23NO2S. The predicted octanol–water partition coefficient (Wildman–Crippen LogP) is 3.17. The molecule has 4 heteroatoms. The Morgan fingerprint density at radius 1 is 1.11 bits per heavy atom. The van der Waals surface area contributed by atoms with E-state index in [9.17, 15) is 8.42 Å². The minimum atomic E-state index is -3.18. The zero-order valence-corrected chi connectivity index (χ0v) is 12.5. The van der Waals surface area contributed by atoms with Crippen molar-refractivity contribution >= 4 is 10.0 Å². The molecule has 106 valence electrons. The first-order chi connectivity index (χ1) is 8.96. The molecule has 2 rings (SSSR count). The van der Waals surface area contributed by atoms with E-state index in [-0.39, 0.29) is 6.04 Å². The van der Waals surface area contributed by atoms with E-state index >= 15 is 0 Å². The van der Waals surface area contributed by atoms with Gasteiger partial charge in [-0.2, -0.15) is 0 Å². The van der Waals surface area contributed by atoms with Crippen molar-refractivity contribution < 1.29 is 8.42 Å². The first-order valence-electron chi connectivity index (χ1n) is 6.99. The lowest BCUT2D eigenvalue weighted by molar-refractivity contribution is 0.294. The Hall–Kier alpha value is -0.870. The number of rotatable bonds is 4. The highest BCUT2D eigenvalue weighted by Gasteiger charge is 2.27. The Morgan fingerprint density at radius 3 is 2.21 bits per heavy atom. The molecule has 1 aromatic carbocycles. The Kier molecular flexibility index (Phi) is 4.63. The van der Waals surface area contributed by atoms with E-state index in [0.717, 1.165) is 18.4 Å². The van der Waals surface area contributed by atoms with E-state index in [0.29, 0.717) is 5.92 Å². The molecule has 0 aliphatic heterocycles. The van der Waals surface area contributed by atoms with Crippen molar-refractivity contribution in [2.75, 3.05) is 6.26 Å². The van der Waals surface area contributed by atoms with Crippen molar-refractivity contribution in [1.82, 2.24) is 4.72 Å². The van der Waals surface area contributed by atoms with E-state index in [4.69, 9.17) is 0 Å². The first kappa shape index (κ1) is 14.5. The summed E-state index contributed by atoms with van der Waals surface area (Å²) in [4.78, 5) is 0. The minimum absolute atomic E-state index is 0.0732. The summed E-state index contributed by atoms with van der Waals surface area (Å²) in [6.07, 6.45) is 7.16. The van der Waals surface area contributed by atoms with Gasteiger partial charge >= 0.3 is 0 Å². The van der Waals surface area contributed by atoms with Gasteiger partial charge < -0.3 is 0 Å². The molecule has 1 fully saturated rings. The summed E-state index contributed by atoms with van der Waals surface area (Å²) in [6.45, 7) is 2.05. The fraction of sp³-hybridized carbons (Fsp3) is 0.600. The molecule has 0 aromatic heterocycles. The molecule has 0 saturated heterocycles. The SMILES string of the molecule is Cc1ccc(C(NS(C)(=O)=O)C2CCCCC2)cc1. The monoisotopic (exact) mass is 281 g/mol. The third kappa shape index (κ3) is 4.32. The van der Waals surface area contributed by atoms with Gasteiger partial charge in [0.05, 0.1) is 6.26 Å². The highest BCUT2D eigenvalue weighted by molar-refractivity contribution is 7.88. The molecule has 19 heavy (non-hydrogen) atoms. The van der Waals surface area contributed by atoms with Gasteiger partial charge in [0.2, 0.25) is 10.0 Å². The molecule has 1 N–H and O–H groups in total. The fourth-order valence-electron chi connectivity index (χ4n) is 2.91. The largest absolute Gasteiger partial charge is 0.213 e. The summed E-state index contributed by atoms with van der Waals surface area (Å²) in [6, 6.07) is 8.12. The zero-order valence-electron chi connectivity index (χ0n) is 11.7. The van der Waals surface area contributed by atoms with Gasteiger partial charge in [0.25, 0.3) is 0 Å². The molecule has 1 atom stereocenters. The van der Waals surface area contributed by atoms with Crippen LogP contribution in [0, 0.1) is 12.8 Å². The van der Waals surface area contributed by atoms with Crippen molar-refractivity contribution in [2.24, 2.45) is 5.92 Å². The quantitative estimate of drug-likeness (QED) is 0.921. The number of aryl methyl sites for hydroxylation is 1. The van der Waals surface area contributed by atoms with Crippen LogP contribution in [0.25, 0.3) is 0 Å². The number of benzene rings is 1. The van der Waals surface area contributed by atoms with Gasteiger partial charge in [-0.05, 0) is 31.2 Å². The maximum Gasteiger partial charge on any atom is 0.209 e. The molecule has 1 unspecified atom stereocenters. The van der Waals surface area contributed by atoms with Crippen LogP contribution in [-0.2, 0) is 10.0 Å². The summed E-state index contributed by atoms with van der Waals surface area (Å²) in [5.74, 6) is 0.422. The van der Waals surface area contributed by atoms with Gasteiger partial charge in [0.1, 0.15) is 0 Å². The van der Waals surface area contributed by atoms with Gasteiger partial charge in [-0.15, -0.1) is 0 Å². The van der Waals surface area contributed by atoms with E-state index < -0.39 is 10.0 Å². The van der Waals surface area contributed by atoms with Crippen LogP contribution >= 0.6 is 0 Å². The average molecular weight is 281 g/mol. The molecule has 0 amide bonds. The highest BCUT2D eigenvalue weighted by atomic mass is 32.2. The molecule has 1 aromatic rings. The minimum Gasteiger partial charge on any atom is -0.213 e. The summed E-state index contributed by atoms with van der Waals surface area (Å²) < 4.78 is 26.1. The molecule has 0 spiro atoms. The molecule has 0 radical (unpaired) electrons. The average Bonchev–Trinajstić information content (AvgIpc) is 2.37. The van der Waals surface area contributed by atoms with Crippen molar-refractivity contribution in [3.8, 4) is 0 Å². The van der Waals surface area contributed by atoms with Gasteiger partial charge in [-0.3, -0.25) is 0 Å². The molecule has 0 bridgehead atoms. The number of hydrogen-bond acceptors (Lipinski definition) is 2. The normalized spacial score (nSPS) is 19.3. The van der Waals surface area contributed by atoms with E-state index in [1.165, 1.54) is 31.1 Å². The summed E-state index contributed by atoms with van der Waals surface area (Å²) >= 11 is 0. The van der Waals surface area contributed by atoms with E-state index in [2.05, 4.69) is 16.9 Å². The van der Waals surface area contributed by atoms with Crippen LogP contribution in [-0.4, -0.2) is 14.7 Å². The van der Waals surface area contributed by atoms with Crippen LogP contribution in [0.15, 0.2) is 24.3 Å². The van der Waals surface area contributed by atoms with Crippen LogP contribution in [0.2, 0.25) is 0 Å². The smallest absolute Gasteiger partial charge is 0.209 e. The van der Waals surface area contributed by atoms with Crippen LogP contribution in [0.5, 0.6) is 0 Å². The highest BCUT2D eigenvalue weighted by Crippen LogP contribution is 2.34. The van der Waals surface area contributed by atoms with Gasteiger partial charge in [0, 0.05) is 6.04 Å². The molecular weight excluding hydrogens is 258 g/mol. The Morgan fingerprint density at radius 2 is 1.68 bits per heavy atom. The molecule has 1 aliphatic carbocycles. The first-order valence-corrected chi connectivity index (χ1v) is 8.89. The number of sulfonamides is 1. The Labute approximate surface area is 116 Å². The molecule has 0 heterocycles. The molecule has 1 aliphatic rings. The second-order valence-electron chi connectivity index (χ2n) is 5.68. The van der Waals surface area contributed by atoms with Gasteiger partial charge in [-0.25, -0.2) is 13.1 Å². The Bertz CT molecular complexity index is 501. The van der Waals surface area contributed by atoms with Crippen LogP contribution in [0.4, 0.5) is 0 Å². The van der Waals surface area contributed by atoms with E-state index in [1.807, 2.05) is 19.1 Å². The fourth-order valence-corrected chi connectivity index (χ4v) is 3.70. The number of nitrogens with one attached hydrogen (secondary N) is 1. The maximum absolute atomic E-state index is 11.6. The van der Waals surface area contributed by atoms with Gasteiger partial charge in [-0.1, -0.05) is 49.1 Å². The van der Waals surface area contributed by atoms with Crippen molar-refractivity contribution in [1.29, 1.82) is 0 Å². The summed E-state index contributed by atoms with van der Waals surface area (Å²) in [7, 11) is -3.18. The lowest BCUT2D eigenvalue weighted by Gasteiger charge is -2.30. The molecule has 3 nitrogen and oxygen atoms in total. The molecule has 1 saturated carbocycles. The van der Waals surface area contributed by atoms with Crippen molar-refractivity contribution in [3.63, 3.8) is 0 Å². The summed E-state index contributed by atoms with van der Waals surface area (Å²) in [5.41, 5.74) is 2.29. The van der Waals surface area contributed by atoms with Crippen molar-refractivity contribution in [2.45, 2.75) is 45.1 Å². The Balaban J connectivity index is 2.24. The third-order valence-electron chi connectivity index (χ3n) is 3.90. The lowest BCUT2D eigenvalue weighted by atomic mass is 9.81. The lowest BCUT2D eigenvalue weighted by Crippen LogP contribution is -2.33. The standard InChI is InChI=1S/C15H23NO2S/c1-12-8-10-14(11-9-12)15(16-19(2,17)18)13-6-4-3-5-7-13/h8-11,13,15-16H,3-7H2,1-2H3. The van der Waals surface area contributed by atoms with Crippen LogP contribution in [0.1, 0.15) is 49.3 Å². The number of hydrogen-bond donors (Lipinski definition) is 1. The second kappa shape index (κ2) is 6.06. The zero-order chi connectivity index (χ0) is 13.9. The van der Waals surface area contributed by atoms with Crippen molar-refractivity contribution in [3.05, 3.63) is 35.4 Å². The predicted molar refractivity (Wildman–Crippen MR) is 78.5 cm³/mol. The van der Waals surface area contributed by atoms with Crippen LogP contribution < -0.4 is 4.72 Å².